The first-order valence-electron chi connectivity index (χ1n) is 5.00. The van der Waals surface area contributed by atoms with Gasteiger partial charge in [0.25, 0.3) is 5.91 Å². The molecule has 0 bridgehead atoms. The maximum Gasteiger partial charge on any atom is 0.282 e. The first kappa shape index (κ1) is 13.0. The van der Waals surface area contributed by atoms with E-state index < -0.39 is 18.1 Å². The number of aromatic nitrogens is 2. The molecule has 0 aliphatic rings. The van der Waals surface area contributed by atoms with Gasteiger partial charge < -0.3 is 15.5 Å². The van der Waals surface area contributed by atoms with Crippen molar-refractivity contribution >= 4 is 17.2 Å². The lowest BCUT2D eigenvalue weighted by Crippen LogP contribution is -2.44. The van der Waals surface area contributed by atoms with Gasteiger partial charge in [-0.1, -0.05) is 18.3 Å². The lowest BCUT2D eigenvalue weighted by atomic mass is 10.2. The normalized spacial score (nSPS) is 14.5. The molecule has 1 heterocycles. The molecule has 0 fully saturated rings. The van der Waals surface area contributed by atoms with Crippen molar-refractivity contribution in [2.24, 2.45) is 0 Å². The number of nitrogens with one attached hydrogen (secondary N) is 1. The lowest BCUT2D eigenvalue weighted by molar-refractivity contribution is 0.0757. The quantitative estimate of drug-likeness (QED) is 0.654. The summed E-state index contributed by atoms with van der Waals surface area (Å²) in [5.41, 5.74) is 0. The van der Waals surface area contributed by atoms with E-state index >= 15 is 0 Å². The second kappa shape index (κ2) is 5.88. The van der Waals surface area contributed by atoms with E-state index in [-0.39, 0.29) is 11.6 Å². The molecular formula is C9H15N3O3S. The largest absolute Gasteiger partial charge is 0.394 e. The van der Waals surface area contributed by atoms with Gasteiger partial charge in [-0.3, -0.25) is 4.79 Å². The SMILES string of the molecule is CCc1nnc(C(=O)N[C@H](CO)[C@@H](C)O)s1. The molecule has 1 aromatic rings. The standard InChI is InChI=1S/C9H15N3O3S/c1-3-7-11-12-9(16-7)8(15)10-6(4-13)5(2)14/h5-6,13-14H,3-4H2,1-2H3,(H,10,15)/t5-,6-/m1/s1. The Balaban J connectivity index is 2.64. The molecule has 90 valence electrons. The van der Waals surface area contributed by atoms with Gasteiger partial charge in [0.2, 0.25) is 5.01 Å². The molecular weight excluding hydrogens is 230 g/mol. The van der Waals surface area contributed by atoms with Crippen molar-refractivity contribution in [1.29, 1.82) is 0 Å². The van der Waals surface area contributed by atoms with E-state index in [0.717, 1.165) is 11.4 Å². The average Bonchev–Trinajstić information content (AvgIpc) is 2.73. The van der Waals surface area contributed by atoms with Crippen molar-refractivity contribution in [3.8, 4) is 0 Å². The van der Waals surface area contributed by atoms with E-state index in [4.69, 9.17) is 5.11 Å². The zero-order valence-corrected chi connectivity index (χ0v) is 9.99. The summed E-state index contributed by atoms with van der Waals surface area (Å²) in [5.74, 6) is -0.419. The molecule has 3 N–H and O–H groups in total. The minimum absolute atomic E-state index is 0.246. The number of aryl methyl sites for hydroxylation is 1. The highest BCUT2D eigenvalue weighted by atomic mass is 32.1. The summed E-state index contributed by atoms with van der Waals surface area (Å²) in [6.45, 7) is 3.11. The van der Waals surface area contributed by atoms with Crippen LogP contribution in [-0.2, 0) is 6.42 Å². The van der Waals surface area contributed by atoms with E-state index in [1.54, 1.807) is 0 Å². The van der Waals surface area contributed by atoms with Crippen LogP contribution in [0.15, 0.2) is 0 Å². The molecule has 6 nitrogen and oxygen atoms in total. The lowest BCUT2D eigenvalue weighted by Gasteiger charge is -2.17. The summed E-state index contributed by atoms with van der Waals surface area (Å²) in [7, 11) is 0. The zero-order valence-electron chi connectivity index (χ0n) is 9.17. The summed E-state index contributed by atoms with van der Waals surface area (Å²) in [6, 6.07) is -0.679. The molecule has 1 aromatic heterocycles. The van der Waals surface area contributed by atoms with Crippen LogP contribution in [0, 0.1) is 0 Å². The van der Waals surface area contributed by atoms with Crippen molar-refractivity contribution in [2.45, 2.75) is 32.4 Å². The molecule has 0 unspecified atom stereocenters. The number of aliphatic hydroxyl groups is 2. The van der Waals surface area contributed by atoms with Crippen molar-refractivity contribution in [3.63, 3.8) is 0 Å². The van der Waals surface area contributed by atoms with Crippen molar-refractivity contribution < 1.29 is 15.0 Å². The van der Waals surface area contributed by atoms with Crippen LogP contribution in [0.25, 0.3) is 0 Å². The van der Waals surface area contributed by atoms with Gasteiger partial charge in [-0.25, -0.2) is 0 Å². The molecule has 2 atom stereocenters. The third-order valence-electron chi connectivity index (χ3n) is 2.06. The average molecular weight is 245 g/mol. The number of aliphatic hydroxyl groups excluding tert-OH is 2. The summed E-state index contributed by atoms with van der Waals surface area (Å²) in [4.78, 5) is 11.6. The van der Waals surface area contributed by atoms with E-state index in [0.29, 0.717) is 0 Å². The summed E-state index contributed by atoms with van der Waals surface area (Å²) < 4.78 is 0. The molecule has 0 radical (unpaired) electrons. The Hall–Kier alpha value is -1.05. The smallest absolute Gasteiger partial charge is 0.282 e. The fourth-order valence-electron chi connectivity index (χ4n) is 1.04. The topological polar surface area (TPSA) is 95.3 Å². The van der Waals surface area contributed by atoms with Crippen molar-refractivity contribution in [2.75, 3.05) is 6.61 Å². The fraction of sp³-hybridized carbons (Fsp3) is 0.667. The Kier molecular flexibility index (Phi) is 4.78. The number of amides is 1. The maximum absolute atomic E-state index is 11.6. The van der Waals surface area contributed by atoms with Gasteiger partial charge in [0, 0.05) is 0 Å². The van der Waals surface area contributed by atoms with Crippen LogP contribution in [-0.4, -0.2) is 45.1 Å². The summed E-state index contributed by atoms with van der Waals surface area (Å²) >= 11 is 1.21. The second-order valence-corrected chi connectivity index (χ2v) is 4.42. The first-order valence-corrected chi connectivity index (χ1v) is 5.82. The van der Waals surface area contributed by atoms with Gasteiger partial charge in [-0.15, -0.1) is 10.2 Å². The van der Waals surface area contributed by atoms with Gasteiger partial charge in [0.05, 0.1) is 18.8 Å². The molecule has 16 heavy (non-hydrogen) atoms. The van der Waals surface area contributed by atoms with E-state index in [9.17, 15) is 9.90 Å². The van der Waals surface area contributed by atoms with Crippen LogP contribution in [0.5, 0.6) is 0 Å². The minimum atomic E-state index is -0.812. The highest BCUT2D eigenvalue weighted by molar-refractivity contribution is 7.13. The van der Waals surface area contributed by atoms with Crippen LogP contribution in [0.1, 0.15) is 28.7 Å². The molecule has 0 spiro atoms. The third-order valence-corrected chi connectivity index (χ3v) is 3.13. The van der Waals surface area contributed by atoms with Crippen LogP contribution in [0.3, 0.4) is 0 Å². The van der Waals surface area contributed by atoms with Crippen LogP contribution in [0.2, 0.25) is 0 Å². The highest BCUT2D eigenvalue weighted by Gasteiger charge is 2.19. The number of hydrogen-bond acceptors (Lipinski definition) is 6. The molecule has 0 saturated heterocycles. The first-order chi connectivity index (χ1) is 7.58. The predicted octanol–water partition coefficient (Wildman–Crippen LogP) is -0.428. The number of carbonyl (C=O) groups excluding carboxylic acids is 1. The van der Waals surface area contributed by atoms with Gasteiger partial charge in [0.1, 0.15) is 5.01 Å². The fourth-order valence-corrected chi connectivity index (χ4v) is 1.72. The molecule has 0 aromatic carbocycles. The Labute approximate surface area is 97.3 Å². The molecule has 1 amide bonds. The molecule has 0 aliphatic carbocycles. The van der Waals surface area contributed by atoms with Gasteiger partial charge >= 0.3 is 0 Å². The Bertz CT molecular complexity index is 354. The van der Waals surface area contributed by atoms with Crippen LogP contribution >= 0.6 is 11.3 Å². The molecule has 0 saturated carbocycles. The van der Waals surface area contributed by atoms with E-state index in [1.165, 1.54) is 18.3 Å². The van der Waals surface area contributed by atoms with Crippen molar-refractivity contribution in [3.05, 3.63) is 10.0 Å². The Morgan fingerprint density at radius 2 is 2.25 bits per heavy atom. The monoisotopic (exact) mass is 245 g/mol. The number of carbonyl (C=O) groups is 1. The maximum atomic E-state index is 11.6. The van der Waals surface area contributed by atoms with Crippen molar-refractivity contribution in [1.82, 2.24) is 15.5 Å². The number of nitrogens with zero attached hydrogens (tertiary/aromatic N) is 2. The van der Waals surface area contributed by atoms with Gasteiger partial charge in [-0.05, 0) is 13.3 Å². The predicted molar refractivity (Wildman–Crippen MR) is 59.3 cm³/mol. The van der Waals surface area contributed by atoms with Gasteiger partial charge in [-0.2, -0.15) is 0 Å². The van der Waals surface area contributed by atoms with Gasteiger partial charge in [0.15, 0.2) is 0 Å². The number of hydrogen-bond donors (Lipinski definition) is 3. The molecule has 0 aliphatic heterocycles. The zero-order chi connectivity index (χ0) is 12.1. The van der Waals surface area contributed by atoms with Crippen LogP contribution < -0.4 is 5.32 Å². The molecule has 1 rings (SSSR count). The summed E-state index contributed by atoms with van der Waals surface area (Å²) in [5, 5.41) is 29.2. The molecule has 7 heteroatoms. The highest BCUT2D eigenvalue weighted by Crippen LogP contribution is 2.10. The van der Waals surface area contributed by atoms with Crippen LogP contribution in [0.4, 0.5) is 0 Å². The Morgan fingerprint density at radius 3 is 2.69 bits per heavy atom. The van der Waals surface area contributed by atoms with E-state index in [2.05, 4.69) is 15.5 Å². The number of rotatable bonds is 5. The second-order valence-electron chi connectivity index (χ2n) is 3.36. The minimum Gasteiger partial charge on any atom is -0.394 e. The Morgan fingerprint density at radius 1 is 1.56 bits per heavy atom. The van der Waals surface area contributed by atoms with E-state index in [1.807, 2.05) is 6.92 Å². The summed E-state index contributed by atoms with van der Waals surface area (Å²) in [6.07, 6.45) is -0.0855. The third kappa shape index (κ3) is 3.22.